The van der Waals surface area contributed by atoms with Gasteiger partial charge in [-0.3, -0.25) is 9.48 Å². The van der Waals surface area contributed by atoms with Gasteiger partial charge in [0.15, 0.2) is 11.2 Å². The van der Waals surface area contributed by atoms with Crippen molar-refractivity contribution in [1.82, 2.24) is 19.3 Å². The second kappa shape index (κ2) is 6.89. The van der Waals surface area contributed by atoms with Crippen molar-refractivity contribution in [2.24, 2.45) is 7.05 Å². The van der Waals surface area contributed by atoms with Crippen molar-refractivity contribution in [3.63, 3.8) is 0 Å². The van der Waals surface area contributed by atoms with Crippen LogP contribution in [0, 0.1) is 0 Å². The molecular weight excluding hydrogens is 397 g/mol. The van der Waals surface area contributed by atoms with Gasteiger partial charge in [-0.25, -0.2) is 4.98 Å². The molecule has 0 aromatic carbocycles. The molecule has 28 heavy (non-hydrogen) atoms. The van der Waals surface area contributed by atoms with Gasteiger partial charge in [0.05, 0.1) is 10.7 Å². The molecule has 3 heterocycles. The molecule has 0 amide bonds. The summed E-state index contributed by atoms with van der Waals surface area (Å²) in [6.45, 7) is 3.93. The molecule has 1 atom stereocenters. The van der Waals surface area contributed by atoms with Crippen molar-refractivity contribution >= 4 is 22.5 Å². The van der Waals surface area contributed by atoms with E-state index in [0.717, 1.165) is 12.3 Å². The van der Waals surface area contributed by atoms with Gasteiger partial charge in [-0.05, 0) is 25.5 Å². The van der Waals surface area contributed by atoms with E-state index >= 15 is 0 Å². The average Bonchev–Trinajstić information content (AvgIpc) is 2.97. The number of rotatable bonds is 4. The second-order valence-electron chi connectivity index (χ2n) is 6.41. The summed E-state index contributed by atoms with van der Waals surface area (Å²) in [4.78, 5) is 15.9. The maximum atomic E-state index is 13.0. The largest absolute Gasteiger partial charge is 0.434 e. The molecule has 0 fully saturated rings. The number of halogens is 4. The van der Waals surface area contributed by atoms with Crippen LogP contribution in [0.2, 0.25) is 5.02 Å². The fourth-order valence-corrected chi connectivity index (χ4v) is 3.62. The molecule has 0 radical (unpaired) electrons. The molecule has 0 aliphatic rings. The number of hydrogen-bond acceptors (Lipinski definition) is 4. The zero-order chi connectivity index (χ0) is 20.9. The van der Waals surface area contributed by atoms with Crippen LogP contribution in [0.15, 0.2) is 29.3 Å². The minimum atomic E-state index is -4.70. The summed E-state index contributed by atoms with van der Waals surface area (Å²) in [6.07, 6.45) is -2.07. The number of fused-ring (bicyclic) bond motifs is 1. The summed E-state index contributed by atoms with van der Waals surface area (Å²) in [5.74, 6) is 0. The van der Waals surface area contributed by atoms with Gasteiger partial charge in [-0.2, -0.15) is 18.3 Å². The van der Waals surface area contributed by atoms with Crippen LogP contribution in [0.4, 0.5) is 13.2 Å². The lowest BCUT2D eigenvalue weighted by molar-refractivity contribution is -0.141. The predicted molar refractivity (Wildman–Crippen MR) is 98.2 cm³/mol. The van der Waals surface area contributed by atoms with E-state index in [1.54, 1.807) is 26.2 Å². The van der Waals surface area contributed by atoms with E-state index < -0.39 is 22.5 Å². The number of pyridine rings is 2. The first-order chi connectivity index (χ1) is 13.0. The van der Waals surface area contributed by atoms with E-state index in [1.807, 2.05) is 6.92 Å². The number of aliphatic hydroxyl groups is 1. The standard InChI is InChI=1S/C18H18ClF3N4O2/c1-4-17(28,10-8-12(19)14(23-9-10)18(20,21)22)15-11-6-7-26(5-2)16(27)13(11)24-25(15)3/h6-9,28H,4-5H2,1-3H3/t17-/m0/s1. The van der Waals surface area contributed by atoms with Crippen LogP contribution in [0.3, 0.4) is 0 Å². The topological polar surface area (TPSA) is 72.9 Å². The molecule has 150 valence electrons. The summed E-state index contributed by atoms with van der Waals surface area (Å²) in [6, 6.07) is 2.70. The van der Waals surface area contributed by atoms with Crippen LogP contribution < -0.4 is 5.56 Å². The molecule has 0 saturated heterocycles. The Bertz CT molecular complexity index is 1110. The minimum absolute atomic E-state index is 0.0811. The third-order valence-corrected chi connectivity index (χ3v) is 5.09. The number of aromatic nitrogens is 4. The van der Waals surface area contributed by atoms with Crippen molar-refractivity contribution in [3.8, 4) is 0 Å². The molecule has 0 aliphatic heterocycles. The van der Waals surface area contributed by atoms with E-state index in [-0.39, 0.29) is 28.8 Å². The Kier molecular flexibility index (Phi) is 5.01. The molecule has 10 heteroatoms. The summed E-state index contributed by atoms with van der Waals surface area (Å²) < 4.78 is 41.7. The zero-order valence-corrected chi connectivity index (χ0v) is 16.1. The Balaban J connectivity index is 2.26. The van der Waals surface area contributed by atoms with Gasteiger partial charge in [0.1, 0.15) is 5.60 Å². The molecule has 0 aliphatic carbocycles. The highest BCUT2D eigenvalue weighted by molar-refractivity contribution is 6.31. The van der Waals surface area contributed by atoms with E-state index in [9.17, 15) is 23.1 Å². The SMILES string of the molecule is CCn1ccc2c([C@](O)(CC)c3cnc(C(F)(F)F)c(Cl)c3)n(C)nc2c1=O. The van der Waals surface area contributed by atoms with Crippen LogP contribution in [0.5, 0.6) is 0 Å². The Hall–Kier alpha value is -2.39. The van der Waals surface area contributed by atoms with Crippen molar-refractivity contribution in [2.75, 3.05) is 0 Å². The summed E-state index contributed by atoms with van der Waals surface area (Å²) in [5.41, 5.74) is -2.75. The van der Waals surface area contributed by atoms with Gasteiger partial charge < -0.3 is 9.67 Å². The highest BCUT2D eigenvalue weighted by atomic mass is 35.5. The summed E-state index contributed by atoms with van der Waals surface area (Å²) in [5, 5.41) is 15.4. The van der Waals surface area contributed by atoms with Gasteiger partial charge in [0, 0.05) is 36.9 Å². The van der Waals surface area contributed by atoms with Gasteiger partial charge in [0.25, 0.3) is 5.56 Å². The molecule has 0 bridgehead atoms. The zero-order valence-electron chi connectivity index (χ0n) is 15.4. The van der Waals surface area contributed by atoms with Crippen LogP contribution in [-0.2, 0) is 25.4 Å². The normalized spacial score (nSPS) is 14.4. The van der Waals surface area contributed by atoms with Gasteiger partial charge in [-0.15, -0.1) is 0 Å². The lowest BCUT2D eigenvalue weighted by Gasteiger charge is -2.28. The quantitative estimate of drug-likeness (QED) is 0.709. The first-order valence-corrected chi connectivity index (χ1v) is 8.94. The number of alkyl halides is 3. The monoisotopic (exact) mass is 414 g/mol. The fourth-order valence-electron chi connectivity index (χ4n) is 3.34. The van der Waals surface area contributed by atoms with Gasteiger partial charge >= 0.3 is 6.18 Å². The molecule has 0 saturated carbocycles. The van der Waals surface area contributed by atoms with E-state index in [1.165, 1.54) is 9.25 Å². The van der Waals surface area contributed by atoms with Gasteiger partial charge in [-0.1, -0.05) is 18.5 Å². The Morgan fingerprint density at radius 1 is 1.29 bits per heavy atom. The molecule has 3 aromatic heterocycles. The smallest absolute Gasteiger partial charge is 0.379 e. The van der Waals surface area contributed by atoms with E-state index in [4.69, 9.17) is 11.6 Å². The molecule has 3 rings (SSSR count). The molecular formula is C18H18ClF3N4O2. The van der Waals surface area contributed by atoms with Crippen molar-refractivity contribution < 1.29 is 18.3 Å². The Morgan fingerprint density at radius 3 is 2.50 bits per heavy atom. The molecule has 6 nitrogen and oxygen atoms in total. The third-order valence-electron chi connectivity index (χ3n) is 4.80. The number of aryl methyl sites for hydroxylation is 2. The fraction of sp³-hybridized carbons (Fsp3) is 0.389. The molecule has 0 spiro atoms. The Morgan fingerprint density at radius 2 is 1.96 bits per heavy atom. The average molecular weight is 415 g/mol. The van der Waals surface area contributed by atoms with Crippen LogP contribution >= 0.6 is 11.6 Å². The maximum absolute atomic E-state index is 13.0. The maximum Gasteiger partial charge on any atom is 0.434 e. The highest BCUT2D eigenvalue weighted by Crippen LogP contribution is 2.39. The van der Waals surface area contributed by atoms with Crippen molar-refractivity contribution in [2.45, 2.75) is 38.6 Å². The van der Waals surface area contributed by atoms with Crippen LogP contribution in [0.25, 0.3) is 10.9 Å². The van der Waals surface area contributed by atoms with Crippen LogP contribution in [-0.4, -0.2) is 24.4 Å². The van der Waals surface area contributed by atoms with Crippen molar-refractivity contribution in [3.05, 3.63) is 56.9 Å². The predicted octanol–water partition coefficient (Wildman–Crippen LogP) is 3.47. The lowest BCUT2D eigenvalue weighted by atomic mass is 9.87. The minimum Gasteiger partial charge on any atom is -0.379 e. The van der Waals surface area contributed by atoms with Crippen LogP contribution in [0.1, 0.15) is 37.2 Å². The van der Waals surface area contributed by atoms with Crippen molar-refractivity contribution in [1.29, 1.82) is 0 Å². The molecule has 3 aromatic rings. The molecule has 0 unspecified atom stereocenters. The number of hydrogen-bond donors (Lipinski definition) is 1. The second-order valence-corrected chi connectivity index (χ2v) is 6.81. The summed E-state index contributed by atoms with van der Waals surface area (Å²) >= 11 is 5.79. The highest BCUT2D eigenvalue weighted by Gasteiger charge is 2.39. The first kappa shape index (κ1) is 20.3. The first-order valence-electron chi connectivity index (χ1n) is 8.56. The summed E-state index contributed by atoms with van der Waals surface area (Å²) in [7, 11) is 1.56. The lowest BCUT2D eigenvalue weighted by Crippen LogP contribution is -2.30. The number of nitrogens with zero attached hydrogens (tertiary/aromatic N) is 4. The van der Waals surface area contributed by atoms with E-state index in [2.05, 4.69) is 10.1 Å². The Labute approximate surface area is 163 Å². The van der Waals surface area contributed by atoms with Gasteiger partial charge in [0.2, 0.25) is 0 Å². The van der Waals surface area contributed by atoms with E-state index in [0.29, 0.717) is 11.9 Å². The third kappa shape index (κ3) is 3.08. The molecule has 1 N–H and O–H groups in total.